The number of Topliss-reactive ketones (excluding diaryl/α,β-unsaturated/α-hetero) is 1. The van der Waals surface area contributed by atoms with E-state index in [9.17, 15) is 4.79 Å². The van der Waals surface area contributed by atoms with E-state index in [0.717, 1.165) is 36.1 Å². The molecule has 1 unspecified atom stereocenters. The van der Waals surface area contributed by atoms with Gasteiger partial charge >= 0.3 is 0 Å². The van der Waals surface area contributed by atoms with Crippen LogP contribution in [0.15, 0.2) is 28.7 Å². The number of likely N-dealkylation sites (N-methyl/N-ethyl adjacent to an activating group) is 1. The van der Waals surface area contributed by atoms with Gasteiger partial charge in [0.05, 0.1) is 6.54 Å². The Hall–Kier alpha value is -0.710. The summed E-state index contributed by atoms with van der Waals surface area (Å²) >= 11 is 3.39. The quantitative estimate of drug-likeness (QED) is 0.795. The normalized spacial score (nSPS) is 21.5. The van der Waals surface area contributed by atoms with E-state index in [2.05, 4.69) is 39.7 Å². The van der Waals surface area contributed by atoms with Crippen LogP contribution in [0.25, 0.3) is 0 Å². The highest BCUT2D eigenvalue weighted by Gasteiger charge is 2.24. The first-order chi connectivity index (χ1) is 9.10. The number of carbonyl (C=O) groups is 1. The Morgan fingerprint density at radius 1 is 1.32 bits per heavy atom. The molecule has 0 N–H and O–H groups in total. The smallest absolute Gasteiger partial charge is 0.176 e. The van der Waals surface area contributed by atoms with Crippen molar-refractivity contribution in [1.82, 2.24) is 9.80 Å². The van der Waals surface area contributed by atoms with Crippen LogP contribution in [0.2, 0.25) is 0 Å². The molecule has 2 rings (SSSR count). The maximum absolute atomic E-state index is 12.2. The van der Waals surface area contributed by atoms with Crippen LogP contribution in [0.5, 0.6) is 0 Å². The SMILES string of the molecule is CCC1CN(CC(=O)c2ccc(Br)cc2)CCN1C. The average Bonchev–Trinajstić information content (AvgIpc) is 2.41. The molecule has 0 bridgehead atoms. The molecule has 104 valence electrons. The molecule has 0 radical (unpaired) electrons. The number of benzene rings is 1. The van der Waals surface area contributed by atoms with Crippen molar-refractivity contribution in [2.45, 2.75) is 19.4 Å². The lowest BCUT2D eigenvalue weighted by Gasteiger charge is -2.38. The van der Waals surface area contributed by atoms with Gasteiger partial charge in [-0.15, -0.1) is 0 Å². The fraction of sp³-hybridized carbons (Fsp3) is 0.533. The summed E-state index contributed by atoms with van der Waals surface area (Å²) < 4.78 is 1.01. The number of carbonyl (C=O) groups excluding carboxylic acids is 1. The van der Waals surface area contributed by atoms with Crippen LogP contribution in [0, 0.1) is 0 Å². The monoisotopic (exact) mass is 324 g/mol. The second kappa shape index (κ2) is 6.64. The summed E-state index contributed by atoms with van der Waals surface area (Å²) in [7, 11) is 2.17. The largest absolute Gasteiger partial charge is 0.301 e. The zero-order chi connectivity index (χ0) is 13.8. The molecule has 0 saturated carbocycles. The number of hydrogen-bond donors (Lipinski definition) is 0. The van der Waals surface area contributed by atoms with E-state index >= 15 is 0 Å². The van der Waals surface area contributed by atoms with Crippen molar-refractivity contribution in [1.29, 1.82) is 0 Å². The summed E-state index contributed by atoms with van der Waals surface area (Å²) in [5.41, 5.74) is 0.801. The third-order valence-corrected chi connectivity index (χ3v) is 4.39. The van der Waals surface area contributed by atoms with Crippen molar-refractivity contribution >= 4 is 21.7 Å². The molecule has 0 aromatic heterocycles. The summed E-state index contributed by atoms with van der Waals surface area (Å²) in [6, 6.07) is 8.20. The van der Waals surface area contributed by atoms with E-state index in [0.29, 0.717) is 12.6 Å². The fourth-order valence-electron chi connectivity index (χ4n) is 2.52. The van der Waals surface area contributed by atoms with E-state index in [1.54, 1.807) is 0 Å². The van der Waals surface area contributed by atoms with Crippen LogP contribution in [-0.4, -0.2) is 54.9 Å². The van der Waals surface area contributed by atoms with E-state index in [1.165, 1.54) is 0 Å². The number of hydrogen-bond acceptors (Lipinski definition) is 3. The number of halogens is 1. The predicted octanol–water partition coefficient (Wildman–Crippen LogP) is 2.66. The van der Waals surface area contributed by atoms with Crippen LogP contribution in [-0.2, 0) is 0 Å². The molecule has 4 heteroatoms. The maximum atomic E-state index is 12.2. The van der Waals surface area contributed by atoms with Crippen LogP contribution >= 0.6 is 15.9 Å². The van der Waals surface area contributed by atoms with Gasteiger partial charge in [-0.1, -0.05) is 35.0 Å². The highest BCUT2D eigenvalue weighted by Crippen LogP contribution is 2.14. The third-order valence-electron chi connectivity index (χ3n) is 3.87. The molecule has 1 aliphatic rings. The number of nitrogens with zero attached hydrogens (tertiary/aromatic N) is 2. The average molecular weight is 325 g/mol. The van der Waals surface area contributed by atoms with Crippen LogP contribution in [0.1, 0.15) is 23.7 Å². The first kappa shape index (κ1) is 14.7. The molecule has 0 spiro atoms. The van der Waals surface area contributed by atoms with Crippen molar-refractivity contribution in [2.24, 2.45) is 0 Å². The lowest BCUT2D eigenvalue weighted by atomic mass is 10.1. The van der Waals surface area contributed by atoms with Gasteiger partial charge < -0.3 is 4.90 Å². The molecule has 1 aliphatic heterocycles. The number of ketones is 1. The fourth-order valence-corrected chi connectivity index (χ4v) is 2.79. The molecule has 0 amide bonds. The van der Waals surface area contributed by atoms with E-state index in [-0.39, 0.29) is 5.78 Å². The zero-order valence-corrected chi connectivity index (χ0v) is 13.2. The van der Waals surface area contributed by atoms with Crippen LogP contribution < -0.4 is 0 Å². The molecule has 1 aromatic rings. The summed E-state index contributed by atoms with van der Waals surface area (Å²) in [5, 5.41) is 0. The Labute approximate surface area is 123 Å². The van der Waals surface area contributed by atoms with Crippen molar-refractivity contribution in [3.8, 4) is 0 Å². The molecule has 1 aromatic carbocycles. The van der Waals surface area contributed by atoms with Gasteiger partial charge in [0.25, 0.3) is 0 Å². The van der Waals surface area contributed by atoms with E-state index in [1.807, 2.05) is 24.3 Å². The van der Waals surface area contributed by atoms with E-state index in [4.69, 9.17) is 0 Å². The Morgan fingerprint density at radius 2 is 2.00 bits per heavy atom. The maximum Gasteiger partial charge on any atom is 0.176 e. The van der Waals surface area contributed by atoms with E-state index < -0.39 is 0 Å². The molecule has 0 aliphatic carbocycles. The number of rotatable bonds is 4. The van der Waals surface area contributed by atoms with Gasteiger partial charge in [-0.3, -0.25) is 9.69 Å². The molecule has 1 saturated heterocycles. The first-order valence-corrected chi connectivity index (χ1v) is 7.60. The molecule has 19 heavy (non-hydrogen) atoms. The molecule has 3 nitrogen and oxygen atoms in total. The minimum atomic E-state index is 0.215. The molecule has 1 heterocycles. The Kier molecular flexibility index (Phi) is 5.13. The predicted molar refractivity (Wildman–Crippen MR) is 81.6 cm³/mol. The van der Waals surface area contributed by atoms with Crippen molar-refractivity contribution in [3.63, 3.8) is 0 Å². The van der Waals surface area contributed by atoms with Crippen LogP contribution in [0.4, 0.5) is 0 Å². The van der Waals surface area contributed by atoms with Gasteiger partial charge in [-0.2, -0.15) is 0 Å². The topological polar surface area (TPSA) is 23.6 Å². The minimum absolute atomic E-state index is 0.215. The van der Waals surface area contributed by atoms with Gasteiger partial charge in [-0.05, 0) is 25.6 Å². The zero-order valence-electron chi connectivity index (χ0n) is 11.6. The van der Waals surface area contributed by atoms with Crippen molar-refractivity contribution in [2.75, 3.05) is 33.2 Å². The molecule has 1 atom stereocenters. The summed E-state index contributed by atoms with van der Waals surface area (Å²) in [4.78, 5) is 16.9. The summed E-state index contributed by atoms with van der Waals surface area (Å²) in [6.45, 7) is 5.77. The summed E-state index contributed by atoms with van der Waals surface area (Å²) in [5.74, 6) is 0.215. The summed E-state index contributed by atoms with van der Waals surface area (Å²) in [6.07, 6.45) is 1.14. The van der Waals surface area contributed by atoms with Gasteiger partial charge in [0.2, 0.25) is 0 Å². The third kappa shape index (κ3) is 3.88. The molecular weight excluding hydrogens is 304 g/mol. The number of piperazine rings is 1. The highest BCUT2D eigenvalue weighted by molar-refractivity contribution is 9.10. The van der Waals surface area contributed by atoms with Crippen LogP contribution in [0.3, 0.4) is 0 Å². The molecule has 1 fully saturated rings. The van der Waals surface area contributed by atoms with Gasteiger partial charge in [0, 0.05) is 35.7 Å². The van der Waals surface area contributed by atoms with Gasteiger partial charge in [-0.25, -0.2) is 0 Å². The lowest BCUT2D eigenvalue weighted by molar-refractivity contribution is 0.0743. The first-order valence-electron chi connectivity index (χ1n) is 6.81. The molecular formula is C15H21BrN2O. The van der Waals surface area contributed by atoms with Gasteiger partial charge in [0.15, 0.2) is 5.78 Å². The standard InChI is InChI=1S/C15H21BrN2O/c1-3-14-10-18(9-8-17(14)2)11-15(19)12-4-6-13(16)7-5-12/h4-7,14H,3,8-11H2,1-2H3. The van der Waals surface area contributed by atoms with Crippen molar-refractivity contribution < 1.29 is 4.79 Å². The lowest BCUT2D eigenvalue weighted by Crippen LogP contribution is -2.52. The second-order valence-corrected chi connectivity index (χ2v) is 6.12. The Balaban J connectivity index is 1.94. The highest BCUT2D eigenvalue weighted by atomic mass is 79.9. The second-order valence-electron chi connectivity index (χ2n) is 5.21. The minimum Gasteiger partial charge on any atom is -0.301 e. The Morgan fingerprint density at radius 3 is 2.63 bits per heavy atom. The Bertz CT molecular complexity index is 432. The van der Waals surface area contributed by atoms with Crippen molar-refractivity contribution in [3.05, 3.63) is 34.3 Å². The van der Waals surface area contributed by atoms with Gasteiger partial charge in [0.1, 0.15) is 0 Å².